The zero-order valence-electron chi connectivity index (χ0n) is 12.6. The number of carbonyl (C=O) groups is 1. The van der Waals surface area contributed by atoms with Crippen LogP contribution in [0.2, 0.25) is 0 Å². The van der Waals surface area contributed by atoms with Gasteiger partial charge in [-0.05, 0) is 43.5 Å². The lowest BCUT2D eigenvalue weighted by Gasteiger charge is -2.21. The highest BCUT2D eigenvalue weighted by atomic mass is 19.1. The Labute approximate surface area is 125 Å². The molecular weight excluding hydrogens is 269 g/mol. The average molecular weight is 293 g/mol. The maximum atomic E-state index is 12.9. The molecule has 1 aromatic rings. The molecule has 0 bridgehead atoms. The molecule has 1 N–H and O–H groups in total. The smallest absolute Gasteiger partial charge is 0.261 e. The maximum absolute atomic E-state index is 12.9. The summed E-state index contributed by atoms with van der Waals surface area (Å²) in [7, 11) is 0. The van der Waals surface area contributed by atoms with Crippen molar-refractivity contribution in [3.8, 4) is 5.75 Å². The van der Waals surface area contributed by atoms with E-state index in [2.05, 4.69) is 5.32 Å². The minimum absolute atomic E-state index is 0.0614. The van der Waals surface area contributed by atoms with Crippen molar-refractivity contribution in [3.05, 3.63) is 30.1 Å². The van der Waals surface area contributed by atoms with Crippen LogP contribution in [0.3, 0.4) is 0 Å². The summed E-state index contributed by atoms with van der Waals surface area (Å²) in [6, 6.07) is 6.05. The fraction of sp³-hybridized carbons (Fsp3) is 0.588. The molecule has 0 aromatic heterocycles. The molecule has 116 valence electrons. The van der Waals surface area contributed by atoms with Crippen LogP contribution in [0.1, 0.15) is 51.9 Å². The van der Waals surface area contributed by atoms with E-state index in [1.807, 2.05) is 6.92 Å². The number of halogens is 1. The van der Waals surface area contributed by atoms with Crippen LogP contribution in [0.5, 0.6) is 5.75 Å². The SMILES string of the molecule is CC[C@@H](Oc1ccc(F)cc1)C(=O)NC1CCCCCC1. The molecule has 2 rings (SSSR count). The lowest BCUT2D eigenvalue weighted by Crippen LogP contribution is -2.43. The minimum atomic E-state index is -0.515. The number of hydrogen-bond donors (Lipinski definition) is 1. The zero-order chi connectivity index (χ0) is 15.1. The normalized spacial score (nSPS) is 17.8. The topological polar surface area (TPSA) is 38.3 Å². The van der Waals surface area contributed by atoms with Gasteiger partial charge in [-0.3, -0.25) is 4.79 Å². The van der Waals surface area contributed by atoms with Crippen LogP contribution in [0.25, 0.3) is 0 Å². The number of carbonyl (C=O) groups excluding carboxylic acids is 1. The van der Waals surface area contributed by atoms with E-state index in [0.717, 1.165) is 12.8 Å². The van der Waals surface area contributed by atoms with E-state index in [0.29, 0.717) is 12.2 Å². The summed E-state index contributed by atoms with van der Waals surface area (Å²) in [6.07, 6.45) is 7.07. The Hall–Kier alpha value is -1.58. The maximum Gasteiger partial charge on any atom is 0.261 e. The molecule has 1 fully saturated rings. The predicted molar refractivity (Wildman–Crippen MR) is 80.7 cm³/mol. The molecule has 0 unspecified atom stereocenters. The molecule has 0 heterocycles. The second kappa shape index (κ2) is 8.01. The minimum Gasteiger partial charge on any atom is -0.481 e. The van der Waals surface area contributed by atoms with Crippen molar-refractivity contribution in [1.82, 2.24) is 5.32 Å². The van der Waals surface area contributed by atoms with Crippen LogP contribution in [-0.4, -0.2) is 18.1 Å². The first-order valence-corrected chi connectivity index (χ1v) is 7.91. The molecule has 1 saturated carbocycles. The molecule has 0 aliphatic heterocycles. The molecule has 1 atom stereocenters. The van der Waals surface area contributed by atoms with E-state index in [4.69, 9.17) is 4.74 Å². The van der Waals surface area contributed by atoms with Crippen LogP contribution in [0, 0.1) is 5.82 Å². The first kappa shape index (κ1) is 15.8. The van der Waals surface area contributed by atoms with Gasteiger partial charge in [0.1, 0.15) is 11.6 Å². The predicted octanol–water partition coefficient (Wildman–Crippen LogP) is 3.82. The van der Waals surface area contributed by atoms with Crippen molar-refractivity contribution in [3.63, 3.8) is 0 Å². The molecule has 4 heteroatoms. The Kier molecular flexibility index (Phi) is 6.03. The van der Waals surface area contributed by atoms with Crippen molar-refractivity contribution in [2.45, 2.75) is 64.0 Å². The van der Waals surface area contributed by atoms with E-state index < -0.39 is 6.10 Å². The van der Waals surface area contributed by atoms with Crippen LogP contribution in [0.15, 0.2) is 24.3 Å². The number of nitrogens with one attached hydrogen (secondary N) is 1. The number of rotatable bonds is 5. The monoisotopic (exact) mass is 293 g/mol. The highest BCUT2D eigenvalue weighted by Crippen LogP contribution is 2.18. The Morgan fingerprint density at radius 3 is 2.43 bits per heavy atom. The van der Waals surface area contributed by atoms with Crippen molar-refractivity contribution >= 4 is 5.91 Å². The number of ether oxygens (including phenoxy) is 1. The molecule has 0 radical (unpaired) electrons. The molecule has 21 heavy (non-hydrogen) atoms. The van der Waals surface area contributed by atoms with Crippen LogP contribution in [-0.2, 0) is 4.79 Å². The second-order valence-electron chi connectivity index (χ2n) is 5.67. The summed E-state index contributed by atoms with van der Waals surface area (Å²) >= 11 is 0. The van der Waals surface area contributed by atoms with Crippen LogP contribution in [0.4, 0.5) is 4.39 Å². The van der Waals surface area contributed by atoms with Gasteiger partial charge in [0.15, 0.2) is 6.10 Å². The molecule has 1 aliphatic rings. The summed E-state index contributed by atoms with van der Waals surface area (Å²) in [5.74, 6) is 0.159. The van der Waals surface area contributed by atoms with Crippen molar-refractivity contribution in [2.75, 3.05) is 0 Å². The van der Waals surface area contributed by atoms with E-state index in [9.17, 15) is 9.18 Å². The fourth-order valence-corrected chi connectivity index (χ4v) is 2.72. The van der Waals surface area contributed by atoms with Gasteiger partial charge < -0.3 is 10.1 Å². The Morgan fingerprint density at radius 2 is 1.86 bits per heavy atom. The lowest BCUT2D eigenvalue weighted by molar-refractivity contribution is -0.128. The molecular formula is C17H24FNO2. The Balaban J connectivity index is 1.89. The summed E-state index contributed by atoms with van der Waals surface area (Å²) in [4.78, 5) is 12.3. The van der Waals surface area contributed by atoms with Gasteiger partial charge in [-0.25, -0.2) is 4.39 Å². The quantitative estimate of drug-likeness (QED) is 0.838. The van der Waals surface area contributed by atoms with E-state index >= 15 is 0 Å². The summed E-state index contributed by atoms with van der Waals surface area (Å²) in [6.45, 7) is 1.92. The standard InChI is InChI=1S/C17H24FNO2/c1-2-16(21-15-11-9-13(18)10-12-15)17(20)19-14-7-5-3-4-6-8-14/h9-12,14,16H,2-8H2,1H3,(H,19,20)/t16-/m1/s1. The van der Waals surface area contributed by atoms with Crippen LogP contribution >= 0.6 is 0 Å². The second-order valence-corrected chi connectivity index (χ2v) is 5.67. The van der Waals surface area contributed by atoms with Crippen molar-refractivity contribution < 1.29 is 13.9 Å². The molecule has 1 amide bonds. The van der Waals surface area contributed by atoms with Gasteiger partial charge in [0, 0.05) is 6.04 Å². The fourth-order valence-electron chi connectivity index (χ4n) is 2.72. The molecule has 3 nitrogen and oxygen atoms in total. The first-order chi connectivity index (χ1) is 10.2. The number of hydrogen-bond acceptors (Lipinski definition) is 2. The van der Waals surface area contributed by atoms with E-state index in [-0.39, 0.29) is 17.8 Å². The van der Waals surface area contributed by atoms with Gasteiger partial charge in [0.2, 0.25) is 0 Å². The molecule has 0 saturated heterocycles. The van der Waals surface area contributed by atoms with Crippen molar-refractivity contribution in [2.24, 2.45) is 0 Å². The lowest BCUT2D eigenvalue weighted by atomic mass is 10.1. The Bertz CT molecular complexity index is 439. The van der Waals surface area contributed by atoms with Crippen LogP contribution < -0.4 is 10.1 Å². The van der Waals surface area contributed by atoms with Gasteiger partial charge in [0.25, 0.3) is 5.91 Å². The number of benzene rings is 1. The third kappa shape index (κ3) is 5.03. The van der Waals surface area contributed by atoms with Gasteiger partial charge >= 0.3 is 0 Å². The summed E-state index contributed by atoms with van der Waals surface area (Å²) in [5.41, 5.74) is 0. The van der Waals surface area contributed by atoms with Gasteiger partial charge in [-0.1, -0.05) is 32.6 Å². The molecule has 1 aliphatic carbocycles. The summed E-state index contributed by atoms with van der Waals surface area (Å²) < 4.78 is 18.6. The first-order valence-electron chi connectivity index (χ1n) is 7.91. The highest BCUT2D eigenvalue weighted by Gasteiger charge is 2.22. The van der Waals surface area contributed by atoms with Gasteiger partial charge in [0.05, 0.1) is 0 Å². The van der Waals surface area contributed by atoms with E-state index in [1.54, 1.807) is 12.1 Å². The van der Waals surface area contributed by atoms with Gasteiger partial charge in [-0.15, -0.1) is 0 Å². The average Bonchev–Trinajstić information content (AvgIpc) is 2.75. The van der Waals surface area contributed by atoms with Crippen molar-refractivity contribution in [1.29, 1.82) is 0 Å². The zero-order valence-corrected chi connectivity index (χ0v) is 12.6. The van der Waals surface area contributed by atoms with Gasteiger partial charge in [-0.2, -0.15) is 0 Å². The largest absolute Gasteiger partial charge is 0.481 e. The molecule has 0 spiro atoms. The molecule has 1 aromatic carbocycles. The number of amides is 1. The third-order valence-corrected chi connectivity index (χ3v) is 3.96. The highest BCUT2D eigenvalue weighted by molar-refractivity contribution is 5.81. The Morgan fingerprint density at radius 1 is 1.24 bits per heavy atom. The summed E-state index contributed by atoms with van der Waals surface area (Å²) in [5, 5.41) is 3.10. The third-order valence-electron chi connectivity index (χ3n) is 3.96. The van der Waals surface area contributed by atoms with E-state index in [1.165, 1.54) is 37.8 Å².